The number of hydrogen-bond donors (Lipinski definition) is 0. The van der Waals surface area contributed by atoms with E-state index in [-0.39, 0.29) is 11.7 Å². The zero-order valence-corrected chi connectivity index (χ0v) is 8.16. The number of aromatic nitrogens is 1. The average Bonchev–Trinajstić information content (AvgIpc) is 2.18. The normalized spacial score (nSPS) is 12.5. The Morgan fingerprint density at radius 2 is 2.31 bits per heavy atom. The van der Waals surface area contributed by atoms with Gasteiger partial charge in [-0.1, -0.05) is 26.3 Å². The van der Waals surface area contributed by atoms with E-state index in [1.165, 1.54) is 0 Å². The van der Waals surface area contributed by atoms with Crippen molar-refractivity contribution < 1.29 is 4.79 Å². The molecular formula is C11H15NO. The summed E-state index contributed by atoms with van der Waals surface area (Å²) >= 11 is 0. The molecule has 2 heteroatoms. The summed E-state index contributed by atoms with van der Waals surface area (Å²) in [7, 11) is 0. The standard InChI is InChI=1S/C11H15NO/c1-3-6-9(2)11(13)10-7-4-5-8-12-10/h4-5,7-9H,3,6H2,1-2H3/t9-/m0/s1. The van der Waals surface area contributed by atoms with Crippen LogP contribution in [-0.4, -0.2) is 10.8 Å². The summed E-state index contributed by atoms with van der Waals surface area (Å²) in [5.74, 6) is 0.252. The van der Waals surface area contributed by atoms with Crippen LogP contribution in [0.5, 0.6) is 0 Å². The maximum atomic E-state index is 11.7. The maximum absolute atomic E-state index is 11.7. The van der Waals surface area contributed by atoms with Crippen LogP contribution in [-0.2, 0) is 0 Å². The first-order valence-electron chi connectivity index (χ1n) is 4.71. The van der Waals surface area contributed by atoms with Crippen LogP contribution < -0.4 is 0 Å². The molecule has 0 aliphatic rings. The Morgan fingerprint density at radius 1 is 1.54 bits per heavy atom. The smallest absolute Gasteiger partial charge is 0.183 e. The number of rotatable bonds is 4. The van der Waals surface area contributed by atoms with E-state index < -0.39 is 0 Å². The lowest BCUT2D eigenvalue weighted by molar-refractivity contribution is 0.0918. The molecule has 0 aliphatic carbocycles. The molecule has 13 heavy (non-hydrogen) atoms. The van der Waals surface area contributed by atoms with Gasteiger partial charge in [0.2, 0.25) is 0 Å². The third kappa shape index (κ3) is 2.65. The van der Waals surface area contributed by atoms with Crippen LogP contribution in [0.1, 0.15) is 37.2 Å². The second-order valence-corrected chi connectivity index (χ2v) is 3.27. The van der Waals surface area contributed by atoms with Gasteiger partial charge in [0.25, 0.3) is 0 Å². The number of carbonyl (C=O) groups excluding carboxylic acids is 1. The van der Waals surface area contributed by atoms with Gasteiger partial charge in [0.1, 0.15) is 5.69 Å². The van der Waals surface area contributed by atoms with Gasteiger partial charge in [-0.15, -0.1) is 0 Å². The molecule has 0 saturated carbocycles. The van der Waals surface area contributed by atoms with Crippen molar-refractivity contribution in [3.63, 3.8) is 0 Å². The van der Waals surface area contributed by atoms with Gasteiger partial charge in [-0.05, 0) is 18.6 Å². The summed E-state index contributed by atoms with van der Waals surface area (Å²) in [6.07, 6.45) is 3.64. The average molecular weight is 177 g/mol. The highest BCUT2D eigenvalue weighted by Gasteiger charge is 2.14. The maximum Gasteiger partial charge on any atom is 0.183 e. The number of ketones is 1. The molecule has 0 unspecified atom stereocenters. The quantitative estimate of drug-likeness (QED) is 0.662. The Morgan fingerprint density at radius 3 is 2.85 bits per heavy atom. The zero-order valence-electron chi connectivity index (χ0n) is 8.16. The van der Waals surface area contributed by atoms with Crippen molar-refractivity contribution in [3.05, 3.63) is 30.1 Å². The van der Waals surface area contributed by atoms with Crippen molar-refractivity contribution in [1.29, 1.82) is 0 Å². The lowest BCUT2D eigenvalue weighted by Gasteiger charge is -2.07. The van der Waals surface area contributed by atoms with E-state index >= 15 is 0 Å². The van der Waals surface area contributed by atoms with E-state index in [2.05, 4.69) is 11.9 Å². The summed E-state index contributed by atoms with van der Waals surface area (Å²) in [6.45, 7) is 4.04. The van der Waals surface area contributed by atoms with Gasteiger partial charge in [-0.2, -0.15) is 0 Å². The predicted molar refractivity (Wildman–Crippen MR) is 52.6 cm³/mol. The molecule has 70 valence electrons. The Balaban J connectivity index is 2.68. The van der Waals surface area contributed by atoms with E-state index in [1.807, 2.05) is 19.1 Å². The molecule has 0 saturated heterocycles. The molecular weight excluding hydrogens is 162 g/mol. The number of Topliss-reactive ketones (excluding diaryl/α,β-unsaturated/α-hetero) is 1. The Labute approximate surface area is 79.0 Å². The fourth-order valence-electron chi connectivity index (χ4n) is 1.33. The molecule has 0 aliphatic heterocycles. The number of carbonyl (C=O) groups is 1. The second kappa shape index (κ2) is 4.75. The van der Waals surface area contributed by atoms with Crippen LogP contribution in [0.2, 0.25) is 0 Å². The monoisotopic (exact) mass is 177 g/mol. The summed E-state index contributed by atoms with van der Waals surface area (Å²) in [5, 5.41) is 0. The fraction of sp³-hybridized carbons (Fsp3) is 0.455. The second-order valence-electron chi connectivity index (χ2n) is 3.27. The zero-order chi connectivity index (χ0) is 9.68. The molecule has 1 rings (SSSR count). The van der Waals surface area contributed by atoms with Gasteiger partial charge >= 0.3 is 0 Å². The van der Waals surface area contributed by atoms with Crippen molar-refractivity contribution in [2.75, 3.05) is 0 Å². The number of hydrogen-bond acceptors (Lipinski definition) is 2. The minimum Gasteiger partial charge on any atom is -0.292 e. The van der Waals surface area contributed by atoms with Gasteiger partial charge in [0.15, 0.2) is 5.78 Å². The third-order valence-corrected chi connectivity index (χ3v) is 2.09. The van der Waals surface area contributed by atoms with Crippen molar-refractivity contribution in [3.8, 4) is 0 Å². The molecule has 1 heterocycles. The molecule has 0 fully saturated rings. The van der Waals surface area contributed by atoms with Crippen molar-refractivity contribution in [1.82, 2.24) is 4.98 Å². The van der Waals surface area contributed by atoms with E-state index in [0.717, 1.165) is 12.8 Å². The Kier molecular flexibility index (Phi) is 3.62. The molecule has 1 aromatic heterocycles. The lowest BCUT2D eigenvalue weighted by atomic mass is 9.98. The first-order valence-corrected chi connectivity index (χ1v) is 4.71. The number of pyridine rings is 1. The molecule has 0 spiro atoms. The van der Waals surface area contributed by atoms with Crippen LogP contribution in [0, 0.1) is 5.92 Å². The van der Waals surface area contributed by atoms with Crippen LogP contribution in [0.15, 0.2) is 24.4 Å². The molecule has 0 N–H and O–H groups in total. The van der Waals surface area contributed by atoms with Crippen molar-refractivity contribution >= 4 is 5.78 Å². The Hall–Kier alpha value is -1.18. The molecule has 0 radical (unpaired) electrons. The summed E-state index contributed by atoms with van der Waals surface area (Å²) in [4.78, 5) is 15.7. The molecule has 0 aromatic carbocycles. The minimum atomic E-state index is 0.0971. The lowest BCUT2D eigenvalue weighted by Crippen LogP contribution is -2.12. The molecule has 0 amide bonds. The van der Waals surface area contributed by atoms with Gasteiger partial charge in [-0.3, -0.25) is 9.78 Å². The number of nitrogens with zero attached hydrogens (tertiary/aromatic N) is 1. The SMILES string of the molecule is CCC[C@H](C)C(=O)c1ccccn1. The highest BCUT2D eigenvalue weighted by molar-refractivity contribution is 5.95. The summed E-state index contributed by atoms with van der Waals surface area (Å²) in [6, 6.07) is 5.44. The first-order chi connectivity index (χ1) is 6.25. The highest BCUT2D eigenvalue weighted by atomic mass is 16.1. The van der Waals surface area contributed by atoms with Crippen LogP contribution in [0.3, 0.4) is 0 Å². The van der Waals surface area contributed by atoms with Crippen molar-refractivity contribution in [2.24, 2.45) is 5.92 Å². The van der Waals surface area contributed by atoms with Gasteiger partial charge < -0.3 is 0 Å². The van der Waals surface area contributed by atoms with Gasteiger partial charge in [0, 0.05) is 12.1 Å². The predicted octanol–water partition coefficient (Wildman–Crippen LogP) is 2.70. The van der Waals surface area contributed by atoms with E-state index in [9.17, 15) is 4.79 Å². The summed E-state index contributed by atoms with van der Waals surface area (Å²) in [5.41, 5.74) is 0.587. The minimum absolute atomic E-state index is 0.0971. The van der Waals surface area contributed by atoms with Crippen molar-refractivity contribution in [2.45, 2.75) is 26.7 Å². The van der Waals surface area contributed by atoms with Crippen LogP contribution in [0.25, 0.3) is 0 Å². The fourth-order valence-corrected chi connectivity index (χ4v) is 1.33. The first kappa shape index (κ1) is 9.90. The van der Waals surface area contributed by atoms with Gasteiger partial charge in [-0.25, -0.2) is 0 Å². The van der Waals surface area contributed by atoms with Gasteiger partial charge in [0.05, 0.1) is 0 Å². The highest BCUT2D eigenvalue weighted by Crippen LogP contribution is 2.11. The molecule has 1 atom stereocenters. The summed E-state index contributed by atoms with van der Waals surface area (Å²) < 4.78 is 0. The van der Waals surface area contributed by atoms with E-state index in [4.69, 9.17) is 0 Å². The Bertz CT molecular complexity index is 269. The molecule has 0 bridgehead atoms. The third-order valence-electron chi connectivity index (χ3n) is 2.09. The van der Waals surface area contributed by atoms with E-state index in [1.54, 1.807) is 12.3 Å². The van der Waals surface area contributed by atoms with E-state index in [0.29, 0.717) is 5.69 Å². The largest absolute Gasteiger partial charge is 0.292 e. The topological polar surface area (TPSA) is 30.0 Å². The van der Waals surface area contributed by atoms with Crippen LogP contribution >= 0.6 is 0 Å². The van der Waals surface area contributed by atoms with Crippen LogP contribution in [0.4, 0.5) is 0 Å². The molecule has 1 aromatic rings. The molecule has 2 nitrogen and oxygen atoms in total.